The standard InChI is InChI=1S/C26H27N3O5S/c1-15-16(2)35-23(28-15)13-27-25(32)22(11-12-24(30)31)29-26(33)34-14-21-19-9-5-3-7-17(19)18-8-4-6-10-20(18)21/h3-10,21-22H,11-14H2,1-2H3,(H,27,32)(H,29,33)(H,30,31). The van der Waals surface area contributed by atoms with Gasteiger partial charge in [-0.25, -0.2) is 9.78 Å². The van der Waals surface area contributed by atoms with Crippen LogP contribution in [0.1, 0.15) is 45.5 Å². The molecule has 35 heavy (non-hydrogen) atoms. The first-order valence-electron chi connectivity index (χ1n) is 11.4. The first-order chi connectivity index (χ1) is 16.8. The van der Waals surface area contributed by atoms with Gasteiger partial charge in [-0.15, -0.1) is 11.3 Å². The molecule has 2 amide bonds. The van der Waals surface area contributed by atoms with Crippen LogP contribution in [-0.2, 0) is 20.9 Å². The number of carbonyl (C=O) groups excluding carboxylic acids is 2. The van der Waals surface area contributed by atoms with Crippen molar-refractivity contribution < 1.29 is 24.2 Å². The summed E-state index contributed by atoms with van der Waals surface area (Å²) >= 11 is 1.48. The number of amides is 2. The Morgan fingerprint density at radius 2 is 1.69 bits per heavy atom. The molecule has 0 saturated carbocycles. The summed E-state index contributed by atoms with van der Waals surface area (Å²) in [6.07, 6.45) is -1.09. The number of fused-ring (bicyclic) bond motifs is 3. The molecule has 3 aromatic rings. The monoisotopic (exact) mass is 493 g/mol. The summed E-state index contributed by atoms with van der Waals surface area (Å²) in [6, 6.07) is 15.0. The molecule has 8 nitrogen and oxygen atoms in total. The molecule has 1 aromatic heterocycles. The number of benzene rings is 2. The number of alkyl carbamates (subject to hydrolysis) is 1. The van der Waals surface area contributed by atoms with Crippen LogP contribution in [0.4, 0.5) is 4.79 Å². The van der Waals surface area contributed by atoms with E-state index < -0.39 is 24.0 Å². The summed E-state index contributed by atoms with van der Waals surface area (Å²) in [6.45, 7) is 4.15. The third kappa shape index (κ3) is 5.68. The number of carboxylic acid groups (broad SMARTS) is 1. The van der Waals surface area contributed by atoms with Gasteiger partial charge in [0.05, 0.1) is 12.2 Å². The van der Waals surface area contributed by atoms with Gasteiger partial charge >= 0.3 is 12.1 Å². The molecule has 3 N–H and O–H groups in total. The van der Waals surface area contributed by atoms with E-state index in [1.54, 1.807) is 0 Å². The average molecular weight is 494 g/mol. The Hall–Kier alpha value is -3.72. The normalized spacial score (nSPS) is 13.0. The van der Waals surface area contributed by atoms with Crippen LogP contribution < -0.4 is 10.6 Å². The van der Waals surface area contributed by atoms with Crippen molar-refractivity contribution in [3.63, 3.8) is 0 Å². The number of rotatable bonds is 9. The summed E-state index contributed by atoms with van der Waals surface area (Å²) in [5, 5.41) is 15.1. The second kappa shape index (κ2) is 10.7. The van der Waals surface area contributed by atoms with Crippen LogP contribution in [0.25, 0.3) is 11.1 Å². The number of hydrogen-bond donors (Lipinski definition) is 3. The molecule has 1 aliphatic rings. The number of aliphatic carboxylic acids is 1. The van der Waals surface area contributed by atoms with Crippen molar-refractivity contribution in [1.29, 1.82) is 0 Å². The Morgan fingerprint density at radius 3 is 2.26 bits per heavy atom. The highest BCUT2D eigenvalue weighted by Crippen LogP contribution is 2.44. The van der Waals surface area contributed by atoms with Gasteiger partial charge in [-0.05, 0) is 42.5 Å². The SMILES string of the molecule is Cc1nc(CNC(=O)C(CCC(=O)O)NC(=O)OCC2c3ccccc3-c3ccccc32)sc1C. The number of carboxylic acids is 1. The van der Waals surface area contributed by atoms with Crippen LogP contribution in [0.5, 0.6) is 0 Å². The lowest BCUT2D eigenvalue weighted by molar-refractivity contribution is -0.137. The van der Waals surface area contributed by atoms with E-state index in [0.717, 1.165) is 37.8 Å². The lowest BCUT2D eigenvalue weighted by Crippen LogP contribution is -2.47. The first kappa shape index (κ1) is 24.4. The van der Waals surface area contributed by atoms with E-state index in [0.29, 0.717) is 0 Å². The summed E-state index contributed by atoms with van der Waals surface area (Å²) in [5.41, 5.74) is 5.29. The van der Waals surface area contributed by atoms with E-state index in [9.17, 15) is 14.4 Å². The molecule has 0 aliphatic heterocycles. The molecular weight excluding hydrogens is 466 g/mol. The number of aromatic nitrogens is 1. The van der Waals surface area contributed by atoms with Crippen LogP contribution in [0.15, 0.2) is 48.5 Å². The molecule has 2 aromatic carbocycles. The molecular formula is C26H27N3O5S. The van der Waals surface area contributed by atoms with E-state index in [1.165, 1.54) is 11.3 Å². The van der Waals surface area contributed by atoms with Crippen molar-refractivity contribution in [2.75, 3.05) is 6.61 Å². The molecule has 0 saturated heterocycles. The van der Waals surface area contributed by atoms with E-state index >= 15 is 0 Å². The smallest absolute Gasteiger partial charge is 0.407 e. The van der Waals surface area contributed by atoms with Gasteiger partial charge < -0.3 is 20.5 Å². The summed E-state index contributed by atoms with van der Waals surface area (Å²) < 4.78 is 5.52. The highest BCUT2D eigenvalue weighted by Gasteiger charge is 2.30. The third-order valence-electron chi connectivity index (χ3n) is 6.09. The lowest BCUT2D eigenvalue weighted by atomic mass is 9.98. The molecule has 0 spiro atoms. The van der Waals surface area contributed by atoms with Gasteiger partial charge in [0.15, 0.2) is 0 Å². The highest BCUT2D eigenvalue weighted by molar-refractivity contribution is 7.11. The zero-order valence-corrected chi connectivity index (χ0v) is 20.4. The summed E-state index contributed by atoms with van der Waals surface area (Å²) in [4.78, 5) is 41.9. The third-order valence-corrected chi connectivity index (χ3v) is 7.16. The Morgan fingerprint density at radius 1 is 1.06 bits per heavy atom. The molecule has 1 heterocycles. The van der Waals surface area contributed by atoms with Gasteiger partial charge in [0, 0.05) is 17.2 Å². The molecule has 0 fully saturated rings. The van der Waals surface area contributed by atoms with Gasteiger partial charge in [-0.2, -0.15) is 0 Å². The van der Waals surface area contributed by atoms with E-state index in [1.807, 2.05) is 62.4 Å². The molecule has 1 atom stereocenters. The zero-order chi connectivity index (χ0) is 24.9. The van der Waals surface area contributed by atoms with E-state index in [-0.39, 0.29) is 31.9 Å². The predicted octanol–water partition coefficient (Wildman–Crippen LogP) is 4.15. The van der Waals surface area contributed by atoms with Gasteiger partial charge in [0.1, 0.15) is 17.7 Å². The second-order valence-corrected chi connectivity index (χ2v) is 9.71. The number of nitrogens with zero attached hydrogens (tertiary/aromatic N) is 1. The van der Waals surface area contributed by atoms with Crippen molar-refractivity contribution in [1.82, 2.24) is 15.6 Å². The lowest BCUT2D eigenvalue weighted by Gasteiger charge is -2.19. The molecule has 0 bridgehead atoms. The minimum absolute atomic E-state index is 0.0543. The van der Waals surface area contributed by atoms with Crippen molar-refractivity contribution in [3.8, 4) is 11.1 Å². The molecule has 4 rings (SSSR count). The molecule has 0 radical (unpaired) electrons. The number of carbonyl (C=O) groups is 3. The van der Waals surface area contributed by atoms with Gasteiger partial charge in [-0.3, -0.25) is 9.59 Å². The zero-order valence-electron chi connectivity index (χ0n) is 19.5. The molecule has 9 heteroatoms. The van der Waals surface area contributed by atoms with Crippen LogP contribution >= 0.6 is 11.3 Å². The van der Waals surface area contributed by atoms with Crippen LogP contribution in [0, 0.1) is 13.8 Å². The number of aryl methyl sites for hydroxylation is 2. The number of ether oxygens (including phenoxy) is 1. The number of nitrogens with one attached hydrogen (secondary N) is 2. The van der Waals surface area contributed by atoms with E-state index in [4.69, 9.17) is 9.84 Å². The minimum atomic E-state index is -1.05. The maximum atomic E-state index is 12.7. The molecule has 1 unspecified atom stereocenters. The van der Waals surface area contributed by atoms with Gasteiger partial charge in [0.25, 0.3) is 0 Å². The maximum absolute atomic E-state index is 12.7. The minimum Gasteiger partial charge on any atom is -0.481 e. The van der Waals surface area contributed by atoms with Crippen molar-refractivity contribution in [3.05, 3.63) is 75.2 Å². The van der Waals surface area contributed by atoms with Crippen molar-refractivity contribution >= 4 is 29.3 Å². The fourth-order valence-corrected chi connectivity index (χ4v) is 5.09. The Labute approximate surface area is 207 Å². The van der Waals surface area contributed by atoms with Gasteiger partial charge in [0.2, 0.25) is 5.91 Å². The van der Waals surface area contributed by atoms with Crippen LogP contribution in [0.2, 0.25) is 0 Å². The largest absolute Gasteiger partial charge is 0.481 e. The van der Waals surface area contributed by atoms with Crippen LogP contribution in [-0.4, -0.2) is 40.7 Å². The molecule has 182 valence electrons. The van der Waals surface area contributed by atoms with Gasteiger partial charge in [-0.1, -0.05) is 48.5 Å². The summed E-state index contributed by atoms with van der Waals surface area (Å²) in [5.74, 6) is -1.65. The number of thiazole rings is 1. The topological polar surface area (TPSA) is 118 Å². The Bertz CT molecular complexity index is 1190. The van der Waals surface area contributed by atoms with Crippen LogP contribution in [0.3, 0.4) is 0 Å². The predicted molar refractivity (Wildman–Crippen MR) is 132 cm³/mol. The first-order valence-corrected chi connectivity index (χ1v) is 12.2. The Balaban J connectivity index is 1.39. The van der Waals surface area contributed by atoms with E-state index in [2.05, 4.69) is 15.6 Å². The number of hydrogen-bond acceptors (Lipinski definition) is 6. The fraction of sp³-hybridized carbons (Fsp3) is 0.308. The Kier molecular flexibility index (Phi) is 7.45. The quantitative estimate of drug-likeness (QED) is 0.412. The summed E-state index contributed by atoms with van der Waals surface area (Å²) in [7, 11) is 0. The fourth-order valence-electron chi connectivity index (χ4n) is 4.22. The average Bonchev–Trinajstić information content (AvgIpc) is 3.34. The second-order valence-electron chi connectivity index (χ2n) is 8.42. The molecule has 1 aliphatic carbocycles. The van der Waals surface area contributed by atoms with Crippen molar-refractivity contribution in [2.24, 2.45) is 0 Å². The maximum Gasteiger partial charge on any atom is 0.407 e. The van der Waals surface area contributed by atoms with Crippen molar-refractivity contribution in [2.45, 2.75) is 45.2 Å². The highest BCUT2D eigenvalue weighted by atomic mass is 32.1.